The summed E-state index contributed by atoms with van der Waals surface area (Å²) in [7, 11) is -4.48. The lowest BCUT2D eigenvalue weighted by Crippen LogP contribution is -2.52. The average Bonchev–Trinajstić information content (AvgIpc) is 2.94. The van der Waals surface area contributed by atoms with Crippen LogP contribution >= 0.6 is 0 Å². The van der Waals surface area contributed by atoms with Gasteiger partial charge in [0, 0.05) is 13.1 Å². The van der Waals surface area contributed by atoms with Gasteiger partial charge in [0.1, 0.15) is 12.6 Å². The Kier molecular flexibility index (Phi) is 10.6. The summed E-state index contributed by atoms with van der Waals surface area (Å²) in [5.74, 6) is -1.13. The van der Waals surface area contributed by atoms with Crippen LogP contribution in [0.3, 0.4) is 0 Å². The molecule has 3 aromatic carbocycles. The molecule has 0 aliphatic heterocycles. The molecule has 7 nitrogen and oxygen atoms in total. The first kappa shape index (κ1) is 31.7. The molecule has 220 valence electrons. The van der Waals surface area contributed by atoms with Crippen molar-refractivity contribution in [1.29, 1.82) is 0 Å². The normalized spacial score (nSPS) is 12.4. The Morgan fingerprint density at radius 3 is 2.17 bits per heavy atom. The average molecular weight is 590 g/mol. The van der Waals surface area contributed by atoms with Gasteiger partial charge in [-0.2, -0.15) is 13.2 Å². The van der Waals surface area contributed by atoms with E-state index >= 15 is 0 Å². The monoisotopic (exact) mass is 589 g/mol. The quantitative estimate of drug-likeness (QED) is 0.301. The summed E-state index contributed by atoms with van der Waals surface area (Å²) in [4.78, 5) is 28.1. The molecule has 0 radical (unpaired) electrons. The Morgan fingerprint density at radius 1 is 0.927 bits per heavy atom. The van der Waals surface area contributed by atoms with Crippen LogP contribution in [0.2, 0.25) is 0 Å². The highest BCUT2D eigenvalue weighted by Gasteiger charge is 2.35. The summed E-state index contributed by atoms with van der Waals surface area (Å²) in [6.07, 6.45) is -3.82. The first-order valence-electron chi connectivity index (χ1n) is 13.3. The van der Waals surface area contributed by atoms with E-state index in [9.17, 15) is 31.2 Å². The van der Waals surface area contributed by atoms with Gasteiger partial charge in [-0.05, 0) is 55.7 Å². The number of sulfonamides is 1. The number of carbonyl (C=O) groups excluding carboxylic acids is 2. The van der Waals surface area contributed by atoms with Crippen molar-refractivity contribution in [1.82, 2.24) is 10.2 Å². The summed E-state index contributed by atoms with van der Waals surface area (Å²) in [6.45, 7) is 4.95. The fourth-order valence-electron chi connectivity index (χ4n) is 4.27. The molecule has 0 unspecified atom stereocenters. The topological polar surface area (TPSA) is 86.8 Å². The largest absolute Gasteiger partial charge is 0.416 e. The van der Waals surface area contributed by atoms with Crippen LogP contribution in [0.5, 0.6) is 0 Å². The van der Waals surface area contributed by atoms with E-state index in [1.165, 1.54) is 23.1 Å². The van der Waals surface area contributed by atoms with Gasteiger partial charge in [-0.25, -0.2) is 8.42 Å². The predicted molar refractivity (Wildman–Crippen MR) is 152 cm³/mol. The molecule has 0 bridgehead atoms. The molecule has 0 aromatic heterocycles. The number of amides is 2. The van der Waals surface area contributed by atoms with Crippen molar-refractivity contribution in [3.63, 3.8) is 0 Å². The number of alkyl halides is 3. The molecule has 0 heterocycles. The lowest BCUT2D eigenvalue weighted by molar-refractivity contribution is -0.140. The van der Waals surface area contributed by atoms with E-state index < -0.39 is 46.2 Å². The number of nitrogens with zero attached hydrogens (tertiary/aromatic N) is 2. The minimum absolute atomic E-state index is 0.00125. The van der Waals surface area contributed by atoms with Gasteiger partial charge in [0.05, 0.1) is 16.1 Å². The van der Waals surface area contributed by atoms with Crippen molar-refractivity contribution in [2.24, 2.45) is 0 Å². The van der Waals surface area contributed by atoms with Gasteiger partial charge in [-0.3, -0.25) is 13.9 Å². The van der Waals surface area contributed by atoms with Crippen LogP contribution in [0, 0.1) is 6.92 Å². The van der Waals surface area contributed by atoms with Crippen LogP contribution in [-0.4, -0.2) is 44.3 Å². The van der Waals surface area contributed by atoms with Gasteiger partial charge >= 0.3 is 6.18 Å². The van der Waals surface area contributed by atoms with Crippen LogP contribution in [0.15, 0.2) is 83.8 Å². The number of benzene rings is 3. The zero-order chi connectivity index (χ0) is 30.2. The zero-order valence-corrected chi connectivity index (χ0v) is 24.0. The maximum atomic E-state index is 13.9. The van der Waals surface area contributed by atoms with Crippen LogP contribution in [0.25, 0.3) is 0 Å². The molecular weight excluding hydrogens is 555 g/mol. The molecule has 3 aromatic rings. The van der Waals surface area contributed by atoms with Crippen LogP contribution in [0.1, 0.15) is 43.4 Å². The van der Waals surface area contributed by atoms with Gasteiger partial charge in [-0.15, -0.1) is 0 Å². The van der Waals surface area contributed by atoms with Gasteiger partial charge in [0.15, 0.2) is 0 Å². The van der Waals surface area contributed by atoms with E-state index in [4.69, 9.17) is 0 Å². The third-order valence-electron chi connectivity index (χ3n) is 6.48. The van der Waals surface area contributed by atoms with E-state index in [1.807, 2.05) is 6.92 Å². The first-order valence-corrected chi connectivity index (χ1v) is 14.7. The maximum absolute atomic E-state index is 13.9. The summed E-state index contributed by atoms with van der Waals surface area (Å²) in [6, 6.07) is 17.6. The lowest BCUT2D eigenvalue weighted by atomic mass is 10.1. The second kappa shape index (κ2) is 13.7. The molecule has 1 N–H and O–H groups in total. The van der Waals surface area contributed by atoms with Crippen molar-refractivity contribution in [3.8, 4) is 0 Å². The molecule has 41 heavy (non-hydrogen) atoms. The summed E-state index contributed by atoms with van der Waals surface area (Å²) in [5.41, 5.74) is 0.105. The number of carbonyl (C=O) groups is 2. The van der Waals surface area contributed by atoms with Gasteiger partial charge in [-0.1, -0.05) is 67.9 Å². The molecular formula is C30H34F3N3O4S. The third kappa shape index (κ3) is 8.09. The Bertz CT molecular complexity index is 1430. The van der Waals surface area contributed by atoms with E-state index in [0.717, 1.165) is 17.7 Å². The van der Waals surface area contributed by atoms with Crippen LogP contribution in [-0.2, 0) is 32.3 Å². The van der Waals surface area contributed by atoms with Gasteiger partial charge in [0.25, 0.3) is 10.0 Å². The number of hydrogen-bond acceptors (Lipinski definition) is 4. The fourth-order valence-corrected chi connectivity index (χ4v) is 5.68. The standard InChI is InChI=1S/C30H34F3N3O4S/c1-4-18-34-29(38)27(5-2)35(20-23-10-7-6-8-11-23)28(37)21-36(25-13-9-12-24(19-25)30(31,32)33)41(39,40)26-16-14-22(3)15-17-26/h6-17,19,27H,4-5,18,20-21H2,1-3H3,(H,34,38)/t27-/m0/s1. The number of rotatable bonds is 12. The van der Waals surface area contributed by atoms with Crippen molar-refractivity contribution < 1.29 is 31.2 Å². The zero-order valence-electron chi connectivity index (χ0n) is 23.2. The molecule has 0 aliphatic carbocycles. The number of hydrogen-bond donors (Lipinski definition) is 1. The molecule has 0 fully saturated rings. The highest BCUT2D eigenvalue weighted by Crippen LogP contribution is 2.33. The highest BCUT2D eigenvalue weighted by atomic mass is 32.2. The van der Waals surface area contributed by atoms with Gasteiger partial charge < -0.3 is 10.2 Å². The van der Waals surface area contributed by atoms with E-state index in [1.54, 1.807) is 56.3 Å². The molecule has 0 saturated heterocycles. The van der Waals surface area contributed by atoms with Crippen molar-refractivity contribution in [3.05, 3.63) is 95.6 Å². The van der Waals surface area contributed by atoms with Gasteiger partial charge in [0.2, 0.25) is 11.8 Å². The molecule has 3 rings (SSSR count). The van der Waals surface area contributed by atoms with Crippen molar-refractivity contribution in [2.75, 3.05) is 17.4 Å². The first-order chi connectivity index (χ1) is 19.4. The number of halogens is 3. The second-order valence-corrected chi connectivity index (χ2v) is 11.5. The van der Waals surface area contributed by atoms with Crippen molar-refractivity contribution >= 4 is 27.5 Å². The smallest absolute Gasteiger partial charge is 0.354 e. The predicted octanol–water partition coefficient (Wildman–Crippen LogP) is 5.54. The SMILES string of the molecule is CCCNC(=O)[C@H](CC)N(Cc1ccccc1)C(=O)CN(c1cccc(C(F)(F)F)c1)S(=O)(=O)c1ccc(C)cc1. The van der Waals surface area contributed by atoms with Crippen molar-refractivity contribution in [2.45, 2.75) is 57.3 Å². The Labute approximate surface area is 239 Å². The molecule has 1 atom stereocenters. The summed E-state index contributed by atoms with van der Waals surface area (Å²) >= 11 is 0. The summed E-state index contributed by atoms with van der Waals surface area (Å²) in [5, 5.41) is 2.79. The number of aryl methyl sites for hydroxylation is 1. The minimum atomic E-state index is -4.73. The Hall–Kier alpha value is -3.86. The third-order valence-corrected chi connectivity index (χ3v) is 8.27. The summed E-state index contributed by atoms with van der Waals surface area (Å²) < 4.78 is 69.1. The number of nitrogens with one attached hydrogen (secondary N) is 1. The van der Waals surface area contributed by atoms with E-state index in [2.05, 4.69) is 5.32 Å². The maximum Gasteiger partial charge on any atom is 0.416 e. The molecule has 0 aliphatic rings. The Morgan fingerprint density at radius 2 is 1.59 bits per heavy atom. The fraction of sp³-hybridized carbons (Fsp3) is 0.333. The lowest BCUT2D eigenvalue weighted by Gasteiger charge is -2.33. The molecule has 2 amide bonds. The molecule has 11 heteroatoms. The Balaban J connectivity index is 2.10. The van der Waals surface area contributed by atoms with E-state index in [-0.39, 0.29) is 23.5 Å². The second-order valence-electron chi connectivity index (χ2n) is 9.60. The minimum Gasteiger partial charge on any atom is -0.354 e. The molecule has 0 spiro atoms. The number of anilines is 1. The molecule has 0 saturated carbocycles. The van der Waals surface area contributed by atoms with Crippen LogP contribution in [0.4, 0.5) is 18.9 Å². The highest BCUT2D eigenvalue weighted by molar-refractivity contribution is 7.92. The van der Waals surface area contributed by atoms with Crippen LogP contribution < -0.4 is 9.62 Å². The van der Waals surface area contributed by atoms with E-state index in [0.29, 0.717) is 28.9 Å².